The predicted molar refractivity (Wildman–Crippen MR) is 201 cm³/mol. The highest BCUT2D eigenvalue weighted by Gasteiger charge is 2.47. The first-order chi connectivity index (χ1) is 23.6. The number of cyclic esters (lactones) is 1. The van der Waals surface area contributed by atoms with Gasteiger partial charge in [-0.15, -0.1) is 0 Å². The molecule has 0 radical (unpaired) electrons. The van der Waals surface area contributed by atoms with Gasteiger partial charge in [0.2, 0.25) is 0 Å². The van der Waals surface area contributed by atoms with Crippen molar-refractivity contribution in [2.24, 2.45) is 0 Å². The van der Waals surface area contributed by atoms with Crippen molar-refractivity contribution in [3.8, 4) is 0 Å². The van der Waals surface area contributed by atoms with E-state index in [0.717, 1.165) is 25.7 Å². The average molecular weight is 681 g/mol. The zero-order valence-corrected chi connectivity index (χ0v) is 32.0. The number of hydrogen-bond donors (Lipinski definition) is 1. The molecular formula is C42H80O6. The van der Waals surface area contributed by atoms with Gasteiger partial charge in [-0.1, -0.05) is 206 Å². The lowest BCUT2D eigenvalue weighted by Crippen LogP contribution is -2.41. The Balaban J connectivity index is 2.02. The van der Waals surface area contributed by atoms with E-state index in [4.69, 9.17) is 14.2 Å². The van der Waals surface area contributed by atoms with Crippen molar-refractivity contribution in [2.75, 3.05) is 19.8 Å². The van der Waals surface area contributed by atoms with Crippen LogP contribution in [0.3, 0.4) is 0 Å². The van der Waals surface area contributed by atoms with E-state index < -0.39 is 30.1 Å². The Kier molecular flexibility index (Phi) is 32.3. The zero-order chi connectivity index (χ0) is 34.8. The Bertz CT molecular complexity index is 712. The maximum absolute atomic E-state index is 11.9. The molecule has 1 heterocycles. The molecule has 1 rings (SSSR count). The Morgan fingerprint density at radius 3 is 1.12 bits per heavy atom. The Morgan fingerprint density at radius 1 is 0.500 bits per heavy atom. The van der Waals surface area contributed by atoms with Crippen molar-refractivity contribution >= 4 is 11.8 Å². The van der Waals surface area contributed by atoms with E-state index in [-0.39, 0.29) is 6.61 Å². The molecule has 0 saturated carbocycles. The highest BCUT2D eigenvalue weighted by molar-refractivity contribution is 6.37. The maximum Gasteiger partial charge on any atom is 0.378 e. The highest BCUT2D eigenvalue weighted by Crippen LogP contribution is 2.20. The van der Waals surface area contributed by atoms with Crippen molar-refractivity contribution in [1.29, 1.82) is 0 Å². The highest BCUT2D eigenvalue weighted by atomic mass is 16.6. The van der Waals surface area contributed by atoms with Gasteiger partial charge < -0.3 is 19.3 Å². The van der Waals surface area contributed by atoms with E-state index >= 15 is 0 Å². The minimum absolute atomic E-state index is 0.222. The quantitative estimate of drug-likeness (QED) is 0.0397. The summed E-state index contributed by atoms with van der Waals surface area (Å²) in [5.41, 5.74) is 0. The summed E-state index contributed by atoms with van der Waals surface area (Å²) in [5, 5.41) is 10.3. The van der Waals surface area contributed by atoms with Crippen LogP contribution in [0.25, 0.3) is 0 Å². The molecule has 284 valence electrons. The third-order valence-corrected chi connectivity index (χ3v) is 10.1. The molecule has 0 amide bonds. The fourth-order valence-corrected chi connectivity index (χ4v) is 6.87. The molecule has 0 aliphatic carbocycles. The standard InChI is InChI=1S/C42H80O6/c1-3-5-7-9-11-13-15-17-19-21-23-25-27-29-31-33-35-46-37-38(41-39(43)40(44)42(45)48-41)47-36-34-32-30-28-26-24-22-20-18-16-14-12-10-8-6-4-2/h38-39,41,43H,3-37H2,1-2H3/t38-,39?,41+/m0/s1. The van der Waals surface area contributed by atoms with Crippen LogP contribution in [0, 0.1) is 0 Å². The van der Waals surface area contributed by atoms with Crippen molar-refractivity contribution in [3.63, 3.8) is 0 Å². The van der Waals surface area contributed by atoms with Crippen LogP contribution in [-0.2, 0) is 23.8 Å². The number of esters is 1. The van der Waals surface area contributed by atoms with E-state index in [1.807, 2.05) is 0 Å². The SMILES string of the molecule is CCCCCCCCCCCCCCCCCCOC[C@H](OCCCCCCCCCCCCCCCCCC)[C@H]1OC(=O)C(=O)C1O. The molecule has 0 aromatic rings. The minimum Gasteiger partial charge on any atom is -0.450 e. The van der Waals surface area contributed by atoms with Crippen molar-refractivity contribution < 1.29 is 28.9 Å². The van der Waals surface area contributed by atoms with E-state index in [2.05, 4.69) is 13.8 Å². The van der Waals surface area contributed by atoms with Gasteiger partial charge in [-0.25, -0.2) is 4.79 Å². The van der Waals surface area contributed by atoms with Crippen LogP contribution >= 0.6 is 0 Å². The van der Waals surface area contributed by atoms with Gasteiger partial charge in [-0.05, 0) is 12.8 Å². The van der Waals surface area contributed by atoms with Crippen LogP contribution < -0.4 is 0 Å². The number of ether oxygens (including phenoxy) is 3. The van der Waals surface area contributed by atoms with Gasteiger partial charge in [0.15, 0.2) is 12.2 Å². The molecule has 1 aliphatic heterocycles. The van der Waals surface area contributed by atoms with Gasteiger partial charge in [-0.2, -0.15) is 0 Å². The molecule has 48 heavy (non-hydrogen) atoms. The van der Waals surface area contributed by atoms with E-state index in [9.17, 15) is 14.7 Å². The normalized spacial score (nSPS) is 17.0. The van der Waals surface area contributed by atoms with Crippen molar-refractivity contribution in [3.05, 3.63) is 0 Å². The molecule has 0 aromatic heterocycles. The van der Waals surface area contributed by atoms with Crippen LogP contribution in [-0.4, -0.2) is 55.0 Å². The number of aliphatic hydroxyl groups is 1. The zero-order valence-electron chi connectivity index (χ0n) is 32.0. The number of Topliss-reactive ketones (excluding diaryl/α,β-unsaturated/α-hetero) is 1. The third-order valence-electron chi connectivity index (χ3n) is 10.1. The number of unbranched alkanes of at least 4 members (excludes halogenated alkanes) is 30. The Morgan fingerprint density at radius 2 is 0.812 bits per heavy atom. The number of carbonyl (C=O) groups excluding carboxylic acids is 2. The topological polar surface area (TPSA) is 82.1 Å². The summed E-state index contributed by atoms with van der Waals surface area (Å²) in [4.78, 5) is 23.6. The number of ketones is 1. The summed E-state index contributed by atoms with van der Waals surface area (Å²) < 4.78 is 17.1. The molecule has 3 atom stereocenters. The number of rotatable bonds is 38. The molecular weight excluding hydrogens is 600 g/mol. The second kappa shape index (κ2) is 34.5. The van der Waals surface area contributed by atoms with Gasteiger partial charge >= 0.3 is 5.97 Å². The molecule has 1 fully saturated rings. The van der Waals surface area contributed by atoms with Gasteiger partial charge in [0, 0.05) is 13.2 Å². The van der Waals surface area contributed by atoms with Crippen LogP contribution in [0.15, 0.2) is 0 Å². The lowest BCUT2D eigenvalue weighted by atomic mass is 10.0. The largest absolute Gasteiger partial charge is 0.450 e. The predicted octanol–water partition coefficient (Wildman–Crippen LogP) is 11.8. The van der Waals surface area contributed by atoms with Gasteiger partial charge in [0.25, 0.3) is 5.78 Å². The Labute approximate surface area is 297 Å². The summed E-state index contributed by atoms with van der Waals surface area (Å²) in [6, 6.07) is 0. The maximum atomic E-state index is 11.9. The molecule has 1 aliphatic rings. The molecule has 1 N–H and O–H groups in total. The van der Waals surface area contributed by atoms with Gasteiger partial charge in [0.05, 0.1) is 6.61 Å². The molecule has 0 aromatic carbocycles. The third kappa shape index (κ3) is 25.9. The monoisotopic (exact) mass is 681 g/mol. The van der Waals surface area contributed by atoms with Gasteiger partial charge in [0.1, 0.15) is 6.10 Å². The number of aliphatic hydroxyl groups excluding tert-OH is 1. The average Bonchev–Trinajstić information content (AvgIpc) is 3.34. The smallest absolute Gasteiger partial charge is 0.378 e. The number of carbonyl (C=O) groups is 2. The summed E-state index contributed by atoms with van der Waals surface area (Å²) in [6.07, 6.45) is 39.3. The first kappa shape index (κ1) is 45.0. The van der Waals surface area contributed by atoms with Gasteiger partial charge in [-0.3, -0.25) is 4.79 Å². The Hall–Kier alpha value is -0.980. The minimum atomic E-state index is -1.47. The summed E-state index contributed by atoms with van der Waals surface area (Å²) in [5.74, 6) is -1.85. The van der Waals surface area contributed by atoms with E-state index in [1.54, 1.807) is 0 Å². The first-order valence-corrected chi connectivity index (χ1v) is 21.2. The fourth-order valence-electron chi connectivity index (χ4n) is 6.87. The fraction of sp³-hybridized carbons (Fsp3) is 0.952. The summed E-state index contributed by atoms with van der Waals surface area (Å²) in [6.45, 7) is 5.90. The molecule has 0 spiro atoms. The van der Waals surface area contributed by atoms with E-state index in [1.165, 1.54) is 180 Å². The second-order valence-corrected chi connectivity index (χ2v) is 14.8. The molecule has 6 nitrogen and oxygen atoms in total. The van der Waals surface area contributed by atoms with Crippen molar-refractivity contribution in [1.82, 2.24) is 0 Å². The summed E-state index contributed by atoms with van der Waals surface area (Å²) >= 11 is 0. The molecule has 1 saturated heterocycles. The second-order valence-electron chi connectivity index (χ2n) is 14.8. The van der Waals surface area contributed by atoms with Crippen LogP contribution in [0.2, 0.25) is 0 Å². The lowest BCUT2D eigenvalue weighted by molar-refractivity contribution is -0.155. The molecule has 1 unspecified atom stereocenters. The van der Waals surface area contributed by atoms with Crippen LogP contribution in [0.4, 0.5) is 0 Å². The molecule has 0 bridgehead atoms. The molecule has 6 heteroatoms. The van der Waals surface area contributed by atoms with E-state index in [0.29, 0.717) is 13.2 Å². The van der Waals surface area contributed by atoms with Crippen molar-refractivity contribution in [2.45, 2.75) is 238 Å². The summed E-state index contributed by atoms with van der Waals surface area (Å²) in [7, 11) is 0. The number of hydrogen-bond acceptors (Lipinski definition) is 6. The van der Waals surface area contributed by atoms with Crippen LogP contribution in [0.5, 0.6) is 0 Å². The van der Waals surface area contributed by atoms with Crippen LogP contribution in [0.1, 0.15) is 219 Å². The lowest BCUT2D eigenvalue weighted by Gasteiger charge is -2.24. The first-order valence-electron chi connectivity index (χ1n) is 21.2.